The Hall–Kier alpha value is -4.13. The van der Waals surface area contributed by atoms with Gasteiger partial charge >= 0.3 is 6.18 Å². The molecule has 41 heavy (non-hydrogen) atoms. The summed E-state index contributed by atoms with van der Waals surface area (Å²) in [6, 6.07) is 5.74. The second-order valence-electron chi connectivity index (χ2n) is 10.4. The summed E-state index contributed by atoms with van der Waals surface area (Å²) >= 11 is 0. The lowest BCUT2D eigenvalue weighted by Gasteiger charge is -2.27. The van der Waals surface area contributed by atoms with Gasteiger partial charge in [-0.2, -0.15) is 18.3 Å². The van der Waals surface area contributed by atoms with Crippen LogP contribution in [0.25, 0.3) is 11.1 Å². The molecule has 1 saturated carbocycles. The van der Waals surface area contributed by atoms with E-state index in [9.17, 15) is 22.4 Å². The minimum Gasteiger partial charge on any atom is -0.377 e. The Morgan fingerprint density at radius 3 is 2.46 bits per heavy atom. The molecule has 0 unspecified atom stereocenters. The minimum atomic E-state index is -4.46. The Kier molecular flexibility index (Phi) is 6.84. The third-order valence-corrected chi connectivity index (χ3v) is 7.62. The summed E-state index contributed by atoms with van der Waals surface area (Å²) in [5, 5.41) is 10.4. The van der Waals surface area contributed by atoms with Crippen LogP contribution in [0.5, 0.6) is 0 Å². The Labute approximate surface area is 231 Å². The number of rotatable bonds is 9. The second kappa shape index (κ2) is 10.4. The second-order valence-corrected chi connectivity index (χ2v) is 10.4. The summed E-state index contributed by atoms with van der Waals surface area (Å²) in [4.78, 5) is 21.3. The molecule has 13 heteroatoms. The van der Waals surface area contributed by atoms with Gasteiger partial charge < -0.3 is 14.6 Å². The van der Waals surface area contributed by atoms with Crippen molar-refractivity contribution in [1.82, 2.24) is 24.9 Å². The number of benzene rings is 1. The Morgan fingerprint density at radius 1 is 1.10 bits per heavy atom. The number of ether oxygens (including phenoxy) is 1. The van der Waals surface area contributed by atoms with Crippen molar-refractivity contribution in [3.05, 3.63) is 77.1 Å². The van der Waals surface area contributed by atoms with Crippen molar-refractivity contribution >= 4 is 11.7 Å². The van der Waals surface area contributed by atoms with E-state index in [0.29, 0.717) is 36.6 Å². The number of hydrogen-bond donors (Lipinski definition) is 1. The first-order valence-corrected chi connectivity index (χ1v) is 13.2. The minimum absolute atomic E-state index is 0.0909. The molecule has 214 valence electrons. The first-order valence-electron chi connectivity index (χ1n) is 13.2. The number of carbonyl (C=O) groups is 1. The van der Waals surface area contributed by atoms with E-state index >= 15 is 0 Å². The normalized spacial score (nSPS) is 16.4. The van der Waals surface area contributed by atoms with E-state index in [1.807, 2.05) is 10.9 Å². The smallest absolute Gasteiger partial charge is 0.377 e. The van der Waals surface area contributed by atoms with Crippen LogP contribution in [0.15, 0.2) is 47.4 Å². The summed E-state index contributed by atoms with van der Waals surface area (Å²) in [5.74, 6) is -1.13. The van der Waals surface area contributed by atoms with Crippen LogP contribution in [0.4, 0.5) is 23.4 Å². The standard InChI is InChI=1S/C28H26F4N6O3/c1-2-22-18(13-35-38(22)20-14-40-15-20)8-24-33-11-19(12-34-24)16-3-4-17(21(29)7-16)9-26(39)36-25-10-23(41-37-25)27(5-6-27)28(30,31)32/h3-4,7,10-13,20H,2,5-6,8-9,14-15H2,1H3,(H,36,37,39). The highest BCUT2D eigenvalue weighted by Crippen LogP contribution is 2.59. The highest BCUT2D eigenvalue weighted by atomic mass is 19.4. The van der Waals surface area contributed by atoms with Gasteiger partial charge in [-0.05, 0) is 36.5 Å². The van der Waals surface area contributed by atoms with Gasteiger partial charge in [0.2, 0.25) is 5.91 Å². The predicted molar refractivity (Wildman–Crippen MR) is 137 cm³/mol. The topological polar surface area (TPSA) is 108 Å². The third-order valence-electron chi connectivity index (χ3n) is 7.62. The van der Waals surface area contributed by atoms with Crippen LogP contribution < -0.4 is 5.32 Å². The fraction of sp³-hybridized carbons (Fsp3) is 0.393. The molecule has 3 aromatic heterocycles. The van der Waals surface area contributed by atoms with Gasteiger partial charge in [-0.25, -0.2) is 14.4 Å². The largest absolute Gasteiger partial charge is 0.401 e. The Bertz CT molecular complexity index is 1570. The zero-order chi connectivity index (χ0) is 28.8. The Morgan fingerprint density at radius 2 is 1.85 bits per heavy atom. The van der Waals surface area contributed by atoms with Crippen molar-refractivity contribution in [3.63, 3.8) is 0 Å². The zero-order valence-electron chi connectivity index (χ0n) is 22.0. The molecule has 0 spiro atoms. The maximum Gasteiger partial charge on any atom is 0.401 e. The maximum atomic E-state index is 14.9. The van der Waals surface area contributed by atoms with Crippen LogP contribution >= 0.6 is 0 Å². The van der Waals surface area contributed by atoms with Crippen molar-refractivity contribution in [2.75, 3.05) is 18.5 Å². The zero-order valence-corrected chi connectivity index (χ0v) is 22.0. The molecule has 0 radical (unpaired) electrons. The quantitative estimate of drug-likeness (QED) is 0.283. The van der Waals surface area contributed by atoms with Crippen LogP contribution in [0.2, 0.25) is 0 Å². The van der Waals surface area contributed by atoms with Crippen molar-refractivity contribution in [1.29, 1.82) is 0 Å². The first kappa shape index (κ1) is 27.1. The van der Waals surface area contributed by atoms with Gasteiger partial charge in [-0.15, -0.1) is 0 Å². The molecule has 4 aromatic rings. The summed E-state index contributed by atoms with van der Waals surface area (Å²) < 4.78 is 66.9. The summed E-state index contributed by atoms with van der Waals surface area (Å²) in [6.07, 6.45) is 1.44. The average molecular weight is 571 g/mol. The molecule has 0 atom stereocenters. The van der Waals surface area contributed by atoms with Gasteiger partial charge in [0.1, 0.15) is 17.1 Å². The van der Waals surface area contributed by atoms with E-state index in [1.54, 1.807) is 18.5 Å². The number of nitrogens with zero attached hydrogens (tertiary/aromatic N) is 5. The van der Waals surface area contributed by atoms with Gasteiger partial charge in [0.15, 0.2) is 11.6 Å². The van der Waals surface area contributed by atoms with Crippen LogP contribution in [0, 0.1) is 5.82 Å². The lowest BCUT2D eigenvalue weighted by molar-refractivity contribution is -0.165. The Balaban J connectivity index is 1.08. The number of aromatic nitrogens is 5. The van der Waals surface area contributed by atoms with Crippen LogP contribution in [-0.4, -0.2) is 50.2 Å². The molecule has 1 N–H and O–H groups in total. The number of nitrogens with one attached hydrogen (secondary N) is 1. The highest BCUT2D eigenvalue weighted by molar-refractivity contribution is 5.91. The van der Waals surface area contributed by atoms with Gasteiger partial charge in [-0.1, -0.05) is 24.2 Å². The summed E-state index contributed by atoms with van der Waals surface area (Å²) in [7, 11) is 0. The van der Waals surface area contributed by atoms with E-state index in [1.165, 1.54) is 12.1 Å². The number of hydrogen-bond acceptors (Lipinski definition) is 7. The van der Waals surface area contributed by atoms with Crippen LogP contribution in [-0.2, 0) is 34.2 Å². The molecule has 1 amide bonds. The molecule has 9 nitrogen and oxygen atoms in total. The lowest BCUT2D eigenvalue weighted by Crippen LogP contribution is -2.32. The van der Waals surface area contributed by atoms with Crippen molar-refractivity contribution in [3.8, 4) is 11.1 Å². The van der Waals surface area contributed by atoms with Crippen LogP contribution in [0.3, 0.4) is 0 Å². The number of halogens is 4. The predicted octanol–water partition coefficient (Wildman–Crippen LogP) is 4.97. The molecule has 2 fully saturated rings. The molecule has 0 bridgehead atoms. The van der Waals surface area contributed by atoms with E-state index in [-0.39, 0.29) is 42.4 Å². The molecule has 1 saturated heterocycles. The average Bonchev–Trinajstić information content (AvgIpc) is 3.47. The van der Waals surface area contributed by atoms with Gasteiger partial charge in [-0.3, -0.25) is 9.48 Å². The van der Waals surface area contributed by atoms with Crippen molar-refractivity contribution < 1.29 is 31.6 Å². The highest BCUT2D eigenvalue weighted by Gasteiger charge is 2.66. The van der Waals surface area contributed by atoms with Gasteiger partial charge in [0.05, 0.1) is 31.9 Å². The lowest BCUT2D eigenvalue weighted by atomic mass is 10.0. The third kappa shape index (κ3) is 5.21. The fourth-order valence-electron chi connectivity index (χ4n) is 4.99. The van der Waals surface area contributed by atoms with Gasteiger partial charge in [0.25, 0.3) is 0 Å². The number of carbonyl (C=O) groups excluding carboxylic acids is 1. The fourth-order valence-corrected chi connectivity index (χ4v) is 4.99. The number of alkyl halides is 3. The van der Waals surface area contributed by atoms with E-state index in [2.05, 4.69) is 32.5 Å². The molecular formula is C28H26F4N6O3. The summed E-state index contributed by atoms with van der Waals surface area (Å²) in [6.45, 7) is 3.40. The molecule has 2 aliphatic rings. The molecule has 1 aliphatic carbocycles. The van der Waals surface area contributed by atoms with Crippen molar-refractivity contribution in [2.24, 2.45) is 0 Å². The monoisotopic (exact) mass is 570 g/mol. The maximum absolute atomic E-state index is 14.9. The number of anilines is 1. The van der Waals surface area contributed by atoms with Crippen LogP contribution in [0.1, 0.15) is 54.2 Å². The molecular weight excluding hydrogens is 544 g/mol. The summed E-state index contributed by atoms with van der Waals surface area (Å²) in [5.41, 5.74) is 1.39. The van der Waals surface area contributed by atoms with E-state index < -0.39 is 23.3 Å². The molecule has 1 aromatic carbocycles. The van der Waals surface area contributed by atoms with E-state index in [0.717, 1.165) is 23.7 Å². The van der Waals surface area contributed by atoms with E-state index in [4.69, 9.17) is 9.26 Å². The molecule has 1 aliphatic heterocycles. The molecule has 4 heterocycles. The van der Waals surface area contributed by atoms with Gasteiger partial charge in [0, 0.05) is 41.7 Å². The SMILES string of the molecule is CCc1c(Cc2ncc(-c3ccc(CC(=O)Nc4cc(C5(C(F)(F)F)CC5)on4)c(F)c3)cn2)cnn1C1COC1. The number of amides is 1. The first-order chi connectivity index (χ1) is 19.7. The van der Waals surface area contributed by atoms with Crippen molar-refractivity contribution in [2.45, 2.75) is 56.7 Å². The molecule has 6 rings (SSSR count).